The lowest BCUT2D eigenvalue weighted by molar-refractivity contribution is -0.149. The Morgan fingerprint density at radius 1 is 1.13 bits per heavy atom. The van der Waals surface area contributed by atoms with E-state index in [0.29, 0.717) is 50.3 Å². The molecule has 0 radical (unpaired) electrons. The molecule has 192 valence electrons. The molecule has 6 rings (SSSR count). The SMILES string of the molecule is CCC1(O)CC(=O)OCc2c1cc1n(c2=O)Cc2c-1nc1ccc(OC)cc1c2C(=O)c1ccc(C)cc1. The van der Waals surface area contributed by atoms with Crippen LogP contribution in [-0.2, 0) is 28.3 Å². The van der Waals surface area contributed by atoms with Crippen molar-refractivity contribution in [2.75, 3.05) is 7.11 Å². The number of ether oxygens (including phenoxy) is 2. The Kier molecular flexibility index (Phi) is 5.47. The van der Waals surface area contributed by atoms with E-state index in [0.717, 1.165) is 5.56 Å². The highest BCUT2D eigenvalue weighted by Gasteiger charge is 2.40. The van der Waals surface area contributed by atoms with Gasteiger partial charge in [-0.1, -0.05) is 36.8 Å². The molecule has 0 saturated heterocycles. The lowest BCUT2D eigenvalue weighted by Crippen LogP contribution is -2.32. The van der Waals surface area contributed by atoms with Gasteiger partial charge in [0.25, 0.3) is 5.56 Å². The number of aryl methyl sites for hydroxylation is 1. The Morgan fingerprint density at radius 3 is 2.61 bits per heavy atom. The summed E-state index contributed by atoms with van der Waals surface area (Å²) in [6.45, 7) is 3.63. The maximum absolute atomic E-state index is 14.0. The Bertz CT molecular complexity index is 1720. The molecular formula is C30H26N2O6. The van der Waals surface area contributed by atoms with E-state index in [9.17, 15) is 19.5 Å². The summed E-state index contributed by atoms with van der Waals surface area (Å²) in [5, 5.41) is 12.0. The van der Waals surface area contributed by atoms with Crippen molar-refractivity contribution in [3.05, 3.63) is 92.3 Å². The molecule has 0 amide bonds. The number of hydrogen-bond acceptors (Lipinski definition) is 7. The molecule has 2 aliphatic rings. The van der Waals surface area contributed by atoms with Crippen LogP contribution in [0.1, 0.15) is 57.9 Å². The third-order valence-electron chi connectivity index (χ3n) is 7.69. The van der Waals surface area contributed by atoms with Crippen molar-refractivity contribution >= 4 is 22.7 Å². The van der Waals surface area contributed by atoms with E-state index < -0.39 is 11.6 Å². The van der Waals surface area contributed by atoms with E-state index in [1.165, 1.54) is 0 Å². The molecule has 0 saturated carbocycles. The molecule has 38 heavy (non-hydrogen) atoms. The number of cyclic esters (lactones) is 1. The van der Waals surface area contributed by atoms with Gasteiger partial charge >= 0.3 is 5.97 Å². The number of hydrogen-bond donors (Lipinski definition) is 1. The van der Waals surface area contributed by atoms with Crippen molar-refractivity contribution < 1.29 is 24.2 Å². The van der Waals surface area contributed by atoms with Crippen LogP contribution in [0.4, 0.5) is 0 Å². The number of aliphatic hydroxyl groups is 1. The lowest BCUT2D eigenvalue weighted by atomic mass is 9.85. The second-order valence-electron chi connectivity index (χ2n) is 9.93. The predicted octanol–water partition coefficient (Wildman–Crippen LogP) is 4.02. The summed E-state index contributed by atoms with van der Waals surface area (Å²) in [5.41, 5.74) is 2.96. The molecule has 2 aliphatic heterocycles. The molecule has 8 nitrogen and oxygen atoms in total. The van der Waals surface area contributed by atoms with Gasteiger partial charge in [0.2, 0.25) is 0 Å². The molecule has 4 aromatic rings. The molecule has 0 aliphatic carbocycles. The molecule has 1 N–H and O–H groups in total. The van der Waals surface area contributed by atoms with Crippen LogP contribution < -0.4 is 10.3 Å². The zero-order valence-electron chi connectivity index (χ0n) is 21.3. The zero-order chi connectivity index (χ0) is 26.8. The number of esters is 1. The normalized spacial score (nSPS) is 17.8. The first kappa shape index (κ1) is 24.1. The highest BCUT2D eigenvalue weighted by molar-refractivity contribution is 6.18. The van der Waals surface area contributed by atoms with Gasteiger partial charge in [-0.25, -0.2) is 4.98 Å². The van der Waals surface area contributed by atoms with Crippen LogP contribution in [-0.4, -0.2) is 33.5 Å². The summed E-state index contributed by atoms with van der Waals surface area (Å²) in [5.74, 6) is -0.144. The Morgan fingerprint density at radius 2 is 1.89 bits per heavy atom. The van der Waals surface area contributed by atoms with Crippen LogP contribution in [0.3, 0.4) is 0 Å². The first-order valence-corrected chi connectivity index (χ1v) is 12.5. The van der Waals surface area contributed by atoms with Crippen LogP contribution in [0.2, 0.25) is 0 Å². The summed E-state index contributed by atoms with van der Waals surface area (Å²) in [6.07, 6.45) is -0.0126. The monoisotopic (exact) mass is 510 g/mol. The fourth-order valence-corrected chi connectivity index (χ4v) is 5.49. The predicted molar refractivity (Wildman–Crippen MR) is 140 cm³/mol. The van der Waals surface area contributed by atoms with Crippen molar-refractivity contribution in [2.45, 2.75) is 45.4 Å². The number of rotatable bonds is 4. The van der Waals surface area contributed by atoms with Gasteiger partial charge in [-0.15, -0.1) is 0 Å². The van der Waals surface area contributed by atoms with E-state index in [2.05, 4.69) is 0 Å². The topological polar surface area (TPSA) is 108 Å². The van der Waals surface area contributed by atoms with Crippen LogP contribution in [0.15, 0.2) is 53.3 Å². The fourth-order valence-electron chi connectivity index (χ4n) is 5.49. The minimum atomic E-state index is -1.54. The first-order chi connectivity index (χ1) is 18.2. The average Bonchev–Trinajstić information content (AvgIpc) is 3.22. The number of carbonyl (C=O) groups excluding carboxylic acids is 2. The summed E-state index contributed by atoms with van der Waals surface area (Å²) in [4.78, 5) is 44.8. The molecule has 8 heteroatoms. The number of fused-ring (bicyclic) bond motifs is 5. The second-order valence-corrected chi connectivity index (χ2v) is 9.93. The van der Waals surface area contributed by atoms with Crippen molar-refractivity contribution in [2.24, 2.45) is 0 Å². The van der Waals surface area contributed by atoms with E-state index in [-0.39, 0.29) is 42.9 Å². The van der Waals surface area contributed by atoms with E-state index in [4.69, 9.17) is 14.5 Å². The van der Waals surface area contributed by atoms with Gasteiger partial charge in [0.15, 0.2) is 5.78 Å². The number of carbonyl (C=O) groups is 2. The molecule has 2 aromatic carbocycles. The average molecular weight is 511 g/mol. The van der Waals surface area contributed by atoms with Gasteiger partial charge in [0, 0.05) is 22.1 Å². The summed E-state index contributed by atoms with van der Waals surface area (Å²) >= 11 is 0. The van der Waals surface area contributed by atoms with Crippen LogP contribution in [0, 0.1) is 6.92 Å². The summed E-state index contributed by atoms with van der Waals surface area (Å²) < 4.78 is 12.3. The fraction of sp³-hybridized carbons (Fsp3) is 0.267. The molecule has 0 bridgehead atoms. The number of pyridine rings is 2. The molecular weight excluding hydrogens is 484 g/mol. The van der Waals surface area contributed by atoms with Crippen LogP contribution >= 0.6 is 0 Å². The molecule has 1 atom stereocenters. The van der Waals surface area contributed by atoms with Crippen molar-refractivity contribution in [3.8, 4) is 17.1 Å². The minimum Gasteiger partial charge on any atom is -0.497 e. The lowest BCUT2D eigenvalue weighted by Gasteiger charge is -2.26. The van der Waals surface area contributed by atoms with Crippen molar-refractivity contribution in [3.63, 3.8) is 0 Å². The number of ketones is 1. The van der Waals surface area contributed by atoms with E-state index in [1.807, 2.05) is 19.1 Å². The van der Waals surface area contributed by atoms with E-state index >= 15 is 0 Å². The van der Waals surface area contributed by atoms with Gasteiger partial charge in [-0.05, 0) is 43.2 Å². The highest BCUT2D eigenvalue weighted by Crippen LogP contribution is 2.41. The van der Waals surface area contributed by atoms with E-state index in [1.54, 1.807) is 55.0 Å². The van der Waals surface area contributed by atoms with Crippen molar-refractivity contribution in [1.82, 2.24) is 9.55 Å². The third kappa shape index (κ3) is 3.55. The zero-order valence-corrected chi connectivity index (χ0v) is 21.3. The Labute approximate surface area is 218 Å². The van der Waals surface area contributed by atoms with Gasteiger partial charge in [0.05, 0.1) is 42.5 Å². The summed E-state index contributed by atoms with van der Waals surface area (Å²) in [6, 6.07) is 14.5. The Hall–Kier alpha value is -4.30. The quantitative estimate of drug-likeness (QED) is 0.287. The molecule has 4 heterocycles. The molecule has 1 unspecified atom stereocenters. The largest absolute Gasteiger partial charge is 0.497 e. The second kappa shape index (κ2) is 8.63. The summed E-state index contributed by atoms with van der Waals surface area (Å²) in [7, 11) is 1.56. The number of benzene rings is 2. The highest BCUT2D eigenvalue weighted by atomic mass is 16.5. The van der Waals surface area contributed by atoms with Crippen LogP contribution in [0.25, 0.3) is 22.3 Å². The van der Waals surface area contributed by atoms with Crippen LogP contribution in [0.5, 0.6) is 5.75 Å². The number of methoxy groups -OCH3 is 1. The molecule has 0 spiro atoms. The van der Waals surface area contributed by atoms with Crippen molar-refractivity contribution in [1.29, 1.82) is 0 Å². The smallest absolute Gasteiger partial charge is 0.309 e. The maximum Gasteiger partial charge on any atom is 0.309 e. The van der Waals surface area contributed by atoms with Gasteiger partial charge in [0.1, 0.15) is 18.0 Å². The van der Waals surface area contributed by atoms with Gasteiger partial charge in [-0.3, -0.25) is 14.4 Å². The third-order valence-corrected chi connectivity index (χ3v) is 7.69. The Balaban J connectivity index is 1.64. The number of aromatic nitrogens is 2. The first-order valence-electron chi connectivity index (χ1n) is 12.5. The standard InChI is InChI=1S/C30H26N2O6/c1-4-30(36)13-25(33)38-15-21-22(30)12-24-27-20(14-32(24)29(21)35)26(28(34)17-7-5-16(2)6-8-17)19-11-18(37-3)9-10-23(19)31-27/h5-12,36H,4,13-15H2,1-3H3. The maximum atomic E-state index is 14.0. The van der Waals surface area contributed by atoms with Gasteiger partial charge < -0.3 is 19.1 Å². The molecule has 2 aromatic heterocycles. The minimum absolute atomic E-state index is 0.127. The number of nitrogens with zero attached hydrogens (tertiary/aromatic N) is 2. The molecule has 0 fully saturated rings. The van der Waals surface area contributed by atoms with Gasteiger partial charge in [-0.2, -0.15) is 0 Å².